The highest BCUT2D eigenvalue weighted by Gasteiger charge is 2.27. The van der Waals surface area contributed by atoms with E-state index >= 15 is 0 Å². The highest BCUT2D eigenvalue weighted by molar-refractivity contribution is 7.84. The molecule has 146 valence electrons. The zero-order valence-electron chi connectivity index (χ0n) is 16.5. The molecule has 0 aliphatic carbocycles. The Labute approximate surface area is 160 Å². The van der Waals surface area contributed by atoms with Crippen LogP contribution < -0.4 is 5.32 Å². The Balaban J connectivity index is 2.02. The molecule has 0 radical (unpaired) electrons. The number of esters is 1. The highest BCUT2D eigenvalue weighted by Crippen LogP contribution is 2.30. The molecule has 26 heavy (non-hydrogen) atoms. The summed E-state index contributed by atoms with van der Waals surface area (Å²) in [6.07, 6.45) is 6.98. The maximum absolute atomic E-state index is 12.4. The summed E-state index contributed by atoms with van der Waals surface area (Å²) in [5.41, 5.74) is 0.472. The van der Waals surface area contributed by atoms with Gasteiger partial charge < -0.3 is 10.1 Å². The van der Waals surface area contributed by atoms with Crippen molar-refractivity contribution >= 4 is 16.8 Å². The molecule has 1 N–H and O–H groups in total. The van der Waals surface area contributed by atoms with Gasteiger partial charge in [-0.1, -0.05) is 18.6 Å². The first-order valence-corrected chi connectivity index (χ1v) is 11.2. The average Bonchev–Trinajstić information content (AvgIpc) is 2.61. The van der Waals surface area contributed by atoms with Crippen LogP contribution in [0.4, 0.5) is 0 Å². The fourth-order valence-corrected chi connectivity index (χ4v) is 3.76. The lowest BCUT2D eigenvalue weighted by molar-refractivity contribution is -0.159. The molecule has 1 aromatic rings. The lowest BCUT2D eigenvalue weighted by Gasteiger charge is -2.26. The van der Waals surface area contributed by atoms with Gasteiger partial charge >= 0.3 is 5.97 Å². The van der Waals surface area contributed by atoms with E-state index in [-0.39, 0.29) is 12.1 Å². The maximum Gasteiger partial charge on any atom is 0.311 e. The van der Waals surface area contributed by atoms with Crippen LogP contribution >= 0.6 is 0 Å². The number of nitrogens with one attached hydrogen (secondary N) is 1. The second kappa shape index (κ2) is 9.65. The van der Waals surface area contributed by atoms with Crippen LogP contribution in [0.1, 0.15) is 64.5 Å². The molecule has 1 aliphatic rings. The van der Waals surface area contributed by atoms with Gasteiger partial charge in [0.15, 0.2) is 0 Å². The largest absolute Gasteiger partial charge is 0.457 e. The van der Waals surface area contributed by atoms with Crippen molar-refractivity contribution in [3.05, 3.63) is 29.8 Å². The third-order valence-corrected chi connectivity index (χ3v) is 5.92. The number of hydrogen-bond acceptors (Lipinski definition) is 4. The molecule has 1 saturated heterocycles. The smallest absolute Gasteiger partial charge is 0.311 e. The third-order valence-electron chi connectivity index (χ3n) is 4.98. The van der Waals surface area contributed by atoms with Gasteiger partial charge in [0.2, 0.25) is 0 Å². The van der Waals surface area contributed by atoms with Crippen molar-refractivity contribution in [3.8, 4) is 0 Å². The van der Waals surface area contributed by atoms with Crippen LogP contribution in [-0.4, -0.2) is 29.5 Å². The molecule has 1 fully saturated rings. The lowest BCUT2D eigenvalue weighted by atomic mass is 9.91. The number of carbonyl (C=O) groups is 1. The molecule has 1 heterocycles. The normalized spacial score (nSPS) is 18.3. The Kier molecular flexibility index (Phi) is 7.84. The van der Waals surface area contributed by atoms with Crippen molar-refractivity contribution in [1.82, 2.24) is 5.32 Å². The molecule has 2 rings (SSSR count). The van der Waals surface area contributed by atoms with Gasteiger partial charge in [-0.3, -0.25) is 9.00 Å². The van der Waals surface area contributed by atoms with Crippen LogP contribution in [0.2, 0.25) is 0 Å². The monoisotopic (exact) mass is 379 g/mol. The van der Waals surface area contributed by atoms with Crippen molar-refractivity contribution < 1.29 is 13.7 Å². The van der Waals surface area contributed by atoms with Crippen LogP contribution in [0.25, 0.3) is 0 Å². The second-order valence-electron chi connectivity index (χ2n) is 8.29. The van der Waals surface area contributed by atoms with Gasteiger partial charge in [0.1, 0.15) is 6.10 Å². The van der Waals surface area contributed by atoms with Crippen molar-refractivity contribution in [3.63, 3.8) is 0 Å². The number of rotatable bonds is 7. The van der Waals surface area contributed by atoms with E-state index in [1.54, 1.807) is 6.26 Å². The molecule has 0 spiro atoms. The summed E-state index contributed by atoms with van der Waals surface area (Å²) in [5.74, 6) is 0.604. The molecular formula is C21H33NO3S. The Morgan fingerprint density at radius 1 is 1.23 bits per heavy atom. The minimum Gasteiger partial charge on any atom is -0.457 e. The molecule has 5 heteroatoms. The molecule has 2 atom stereocenters. The summed E-state index contributed by atoms with van der Waals surface area (Å²) < 4.78 is 17.5. The van der Waals surface area contributed by atoms with E-state index in [2.05, 4.69) is 5.32 Å². The first kappa shape index (κ1) is 21.1. The molecule has 1 aromatic carbocycles. The predicted molar refractivity (Wildman–Crippen MR) is 107 cm³/mol. The summed E-state index contributed by atoms with van der Waals surface area (Å²) in [4.78, 5) is 13.2. The molecule has 0 aromatic heterocycles. The molecule has 1 aliphatic heterocycles. The van der Waals surface area contributed by atoms with Crippen LogP contribution in [0.3, 0.4) is 0 Å². The Morgan fingerprint density at radius 3 is 2.38 bits per heavy atom. The van der Waals surface area contributed by atoms with Crippen molar-refractivity contribution in [2.45, 2.75) is 63.9 Å². The van der Waals surface area contributed by atoms with E-state index in [1.165, 1.54) is 19.3 Å². The number of hydrogen-bond donors (Lipinski definition) is 1. The van der Waals surface area contributed by atoms with Gasteiger partial charge in [-0.15, -0.1) is 0 Å². The van der Waals surface area contributed by atoms with E-state index < -0.39 is 16.2 Å². The van der Waals surface area contributed by atoms with Crippen LogP contribution in [0.5, 0.6) is 0 Å². The minimum absolute atomic E-state index is 0.174. The van der Waals surface area contributed by atoms with Gasteiger partial charge in [-0.25, -0.2) is 0 Å². The quantitative estimate of drug-likeness (QED) is 0.721. The van der Waals surface area contributed by atoms with Gasteiger partial charge in [-0.2, -0.15) is 0 Å². The Hall–Kier alpha value is -1.20. The molecule has 2 unspecified atom stereocenters. The van der Waals surface area contributed by atoms with Crippen LogP contribution in [0.15, 0.2) is 29.2 Å². The summed E-state index contributed by atoms with van der Waals surface area (Å²) in [7, 11) is -0.998. The summed E-state index contributed by atoms with van der Waals surface area (Å²) in [5, 5.41) is 3.40. The Bertz CT molecular complexity index is 601. The summed E-state index contributed by atoms with van der Waals surface area (Å²) in [6.45, 7) is 7.87. The molecular weight excluding hydrogens is 346 g/mol. The topological polar surface area (TPSA) is 55.4 Å². The SMILES string of the molecule is CS(=O)c1ccc(C(CCCC2CCNCC2)OC(=O)C(C)(C)C)cc1. The maximum atomic E-state index is 12.4. The third kappa shape index (κ3) is 6.51. The van der Waals surface area contributed by atoms with Crippen molar-refractivity contribution in [2.75, 3.05) is 19.3 Å². The lowest BCUT2D eigenvalue weighted by Crippen LogP contribution is -2.28. The van der Waals surface area contributed by atoms with Gasteiger partial charge in [0.05, 0.1) is 5.41 Å². The van der Waals surface area contributed by atoms with E-state index in [1.807, 2.05) is 45.0 Å². The van der Waals surface area contributed by atoms with Gasteiger partial charge in [0, 0.05) is 22.0 Å². The summed E-state index contributed by atoms with van der Waals surface area (Å²) in [6, 6.07) is 7.64. The van der Waals surface area contributed by atoms with Crippen molar-refractivity contribution in [1.29, 1.82) is 0 Å². The minimum atomic E-state index is -0.998. The molecule has 0 amide bonds. The predicted octanol–water partition coefficient (Wildman–Crippen LogP) is 4.22. The number of piperidine rings is 1. The van der Waals surface area contributed by atoms with Gasteiger partial charge in [0.25, 0.3) is 0 Å². The second-order valence-corrected chi connectivity index (χ2v) is 9.67. The molecule has 0 saturated carbocycles. The fraction of sp³-hybridized carbons (Fsp3) is 0.667. The number of benzene rings is 1. The van der Waals surface area contributed by atoms with E-state index in [0.717, 1.165) is 42.3 Å². The average molecular weight is 380 g/mol. The standard InChI is InChI=1S/C21H33NO3S/c1-21(2,3)20(23)25-19(7-5-6-16-12-14-22-15-13-16)17-8-10-18(11-9-17)26(4)24/h8-11,16,19,22H,5-7,12-15H2,1-4H3. The van der Waals surface area contributed by atoms with E-state index in [0.29, 0.717) is 0 Å². The summed E-state index contributed by atoms with van der Waals surface area (Å²) >= 11 is 0. The van der Waals surface area contributed by atoms with E-state index in [9.17, 15) is 9.00 Å². The number of ether oxygens (including phenoxy) is 1. The fourth-order valence-electron chi connectivity index (χ4n) is 3.24. The first-order chi connectivity index (χ1) is 12.3. The molecule has 4 nitrogen and oxygen atoms in total. The highest BCUT2D eigenvalue weighted by atomic mass is 32.2. The Morgan fingerprint density at radius 2 is 1.85 bits per heavy atom. The van der Waals surface area contributed by atoms with Crippen LogP contribution in [-0.2, 0) is 20.3 Å². The molecule has 0 bridgehead atoms. The number of carbonyl (C=O) groups excluding carboxylic acids is 1. The van der Waals surface area contributed by atoms with Gasteiger partial charge in [-0.05, 0) is 83.2 Å². The zero-order valence-corrected chi connectivity index (χ0v) is 17.4. The van der Waals surface area contributed by atoms with E-state index in [4.69, 9.17) is 4.74 Å². The zero-order chi connectivity index (χ0) is 19.2. The van der Waals surface area contributed by atoms with Crippen molar-refractivity contribution in [2.24, 2.45) is 11.3 Å². The first-order valence-electron chi connectivity index (χ1n) is 9.62. The van der Waals surface area contributed by atoms with Crippen LogP contribution in [0, 0.1) is 11.3 Å².